The van der Waals surface area contributed by atoms with Crippen LogP contribution in [0.1, 0.15) is 31.2 Å². The van der Waals surface area contributed by atoms with E-state index in [1.807, 2.05) is 45.0 Å². The lowest BCUT2D eigenvalue weighted by atomic mass is 10.2. The fraction of sp³-hybridized carbons (Fsp3) is 0.286. The molecule has 0 spiro atoms. The molecule has 0 saturated heterocycles. The van der Waals surface area contributed by atoms with Gasteiger partial charge in [-0.2, -0.15) is 0 Å². The van der Waals surface area contributed by atoms with Gasteiger partial charge in [-0.25, -0.2) is 9.97 Å². The van der Waals surface area contributed by atoms with Crippen LogP contribution < -0.4 is 5.32 Å². The molecule has 0 bridgehead atoms. The summed E-state index contributed by atoms with van der Waals surface area (Å²) in [7, 11) is 0. The Morgan fingerprint density at radius 2 is 1.68 bits per heavy atom. The normalized spacial score (nSPS) is 10.8. The molecular weight excluding hydrogens is 281 g/mol. The molecule has 1 heterocycles. The molecule has 100 valence electrons. The summed E-state index contributed by atoms with van der Waals surface area (Å²) in [5.74, 6) is 1.68. The third kappa shape index (κ3) is 3.37. The van der Waals surface area contributed by atoms with Crippen molar-refractivity contribution in [1.82, 2.24) is 9.97 Å². The van der Waals surface area contributed by atoms with Crippen molar-refractivity contribution in [2.24, 2.45) is 0 Å². The number of hydrogen-bond donors (Lipinski definition) is 1. The summed E-state index contributed by atoms with van der Waals surface area (Å²) in [6.45, 7) is 5.96. The minimum atomic E-state index is 0.226. The highest BCUT2D eigenvalue weighted by Crippen LogP contribution is 2.26. The zero-order chi connectivity index (χ0) is 14.0. The second-order valence-electron chi connectivity index (χ2n) is 4.63. The van der Waals surface area contributed by atoms with Crippen molar-refractivity contribution < 1.29 is 0 Å². The number of aromatic nitrogens is 2. The predicted molar refractivity (Wildman–Crippen MR) is 80.6 cm³/mol. The third-order valence-electron chi connectivity index (χ3n) is 2.73. The molecule has 1 aromatic carbocycles. The van der Waals surface area contributed by atoms with E-state index in [2.05, 4.69) is 15.3 Å². The van der Waals surface area contributed by atoms with Crippen molar-refractivity contribution >= 4 is 34.7 Å². The Morgan fingerprint density at radius 3 is 2.26 bits per heavy atom. The number of hydrogen-bond acceptors (Lipinski definition) is 3. The van der Waals surface area contributed by atoms with Crippen LogP contribution in [0, 0.1) is 6.92 Å². The average molecular weight is 296 g/mol. The smallest absolute Gasteiger partial charge is 0.138 e. The quantitative estimate of drug-likeness (QED) is 0.813. The first-order valence-corrected chi connectivity index (χ1v) is 6.79. The van der Waals surface area contributed by atoms with Crippen molar-refractivity contribution in [3.8, 4) is 0 Å². The van der Waals surface area contributed by atoms with Crippen LogP contribution in [-0.4, -0.2) is 9.97 Å². The molecule has 0 saturated carbocycles. The summed E-state index contributed by atoms with van der Waals surface area (Å²) in [6, 6.07) is 7.44. The second kappa shape index (κ2) is 5.76. The molecule has 19 heavy (non-hydrogen) atoms. The summed E-state index contributed by atoms with van der Waals surface area (Å²) < 4.78 is 0. The maximum atomic E-state index is 6.14. The first-order valence-electron chi connectivity index (χ1n) is 6.04. The van der Waals surface area contributed by atoms with E-state index in [9.17, 15) is 0 Å². The van der Waals surface area contributed by atoms with Crippen LogP contribution in [0.2, 0.25) is 10.2 Å². The Bertz CT molecular complexity index is 580. The lowest BCUT2D eigenvalue weighted by molar-refractivity contribution is 0.773. The highest BCUT2D eigenvalue weighted by atomic mass is 35.5. The minimum Gasteiger partial charge on any atom is -0.340 e. The number of benzene rings is 1. The molecule has 5 heteroatoms. The molecule has 0 unspecified atom stereocenters. The summed E-state index contributed by atoms with van der Waals surface area (Å²) in [4.78, 5) is 8.79. The highest BCUT2D eigenvalue weighted by molar-refractivity contribution is 6.30. The van der Waals surface area contributed by atoms with Gasteiger partial charge in [-0.3, -0.25) is 0 Å². The third-order valence-corrected chi connectivity index (χ3v) is 3.35. The number of nitrogens with one attached hydrogen (secondary N) is 1. The Balaban J connectivity index is 2.36. The number of halogens is 2. The average Bonchev–Trinajstić information content (AvgIpc) is 2.37. The predicted octanol–water partition coefficient (Wildman–Crippen LogP) is 4.96. The minimum absolute atomic E-state index is 0.226. The zero-order valence-corrected chi connectivity index (χ0v) is 12.5. The first-order chi connectivity index (χ1) is 8.97. The molecule has 0 aliphatic rings. The van der Waals surface area contributed by atoms with E-state index in [1.165, 1.54) is 0 Å². The molecule has 2 rings (SSSR count). The molecule has 2 aromatic rings. The van der Waals surface area contributed by atoms with Gasteiger partial charge in [-0.05, 0) is 31.2 Å². The highest BCUT2D eigenvalue weighted by Gasteiger charge is 2.11. The number of rotatable bonds is 3. The number of nitrogens with zero attached hydrogens (tertiary/aromatic N) is 2. The van der Waals surface area contributed by atoms with Crippen molar-refractivity contribution in [1.29, 1.82) is 0 Å². The Morgan fingerprint density at radius 1 is 1.05 bits per heavy atom. The Labute approximate surface area is 123 Å². The van der Waals surface area contributed by atoms with Gasteiger partial charge < -0.3 is 5.32 Å². The maximum Gasteiger partial charge on any atom is 0.138 e. The van der Waals surface area contributed by atoms with Gasteiger partial charge in [0.05, 0.1) is 0 Å². The van der Waals surface area contributed by atoms with Gasteiger partial charge in [0.2, 0.25) is 0 Å². The molecule has 1 aromatic heterocycles. The largest absolute Gasteiger partial charge is 0.340 e. The van der Waals surface area contributed by atoms with Crippen molar-refractivity contribution in [3.63, 3.8) is 0 Å². The molecule has 3 nitrogen and oxygen atoms in total. The summed E-state index contributed by atoms with van der Waals surface area (Å²) in [5.41, 5.74) is 1.75. The van der Waals surface area contributed by atoms with E-state index >= 15 is 0 Å². The molecule has 0 atom stereocenters. The summed E-state index contributed by atoms with van der Waals surface area (Å²) in [6.07, 6.45) is 0. The molecular formula is C14H15Cl2N3. The summed E-state index contributed by atoms with van der Waals surface area (Å²) in [5, 5.41) is 4.42. The van der Waals surface area contributed by atoms with Gasteiger partial charge in [-0.1, -0.05) is 37.0 Å². The molecule has 0 amide bonds. The van der Waals surface area contributed by atoms with Gasteiger partial charge >= 0.3 is 0 Å². The lowest BCUT2D eigenvalue weighted by Gasteiger charge is -2.13. The van der Waals surface area contributed by atoms with Gasteiger partial charge in [0, 0.05) is 22.2 Å². The lowest BCUT2D eigenvalue weighted by Crippen LogP contribution is -2.05. The SMILES string of the molecule is Cc1c(Cl)nc(C(C)C)nc1Nc1ccc(Cl)cc1. The summed E-state index contributed by atoms with van der Waals surface area (Å²) >= 11 is 12.0. The van der Waals surface area contributed by atoms with Crippen molar-refractivity contribution in [2.45, 2.75) is 26.7 Å². The van der Waals surface area contributed by atoms with Crippen molar-refractivity contribution in [3.05, 3.63) is 45.8 Å². The van der Waals surface area contributed by atoms with Crippen LogP contribution in [0.3, 0.4) is 0 Å². The van der Waals surface area contributed by atoms with Crippen LogP contribution in [-0.2, 0) is 0 Å². The van der Waals surface area contributed by atoms with E-state index in [-0.39, 0.29) is 5.92 Å². The van der Waals surface area contributed by atoms with E-state index in [0.717, 1.165) is 22.9 Å². The number of anilines is 2. The fourth-order valence-electron chi connectivity index (χ4n) is 1.56. The van der Waals surface area contributed by atoms with Crippen LogP contribution >= 0.6 is 23.2 Å². The van der Waals surface area contributed by atoms with Crippen LogP contribution in [0.25, 0.3) is 0 Å². The van der Waals surface area contributed by atoms with Crippen LogP contribution in [0.4, 0.5) is 11.5 Å². The van der Waals surface area contributed by atoms with Gasteiger partial charge in [0.25, 0.3) is 0 Å². The zero-order valence-electron chi connectivity index (χ0n) is 11.0. The van der Waals surface area contributed by atoms with Crippen LogP contribution in [0.15, 0.2) is 24.3 Å². The standard InChI is InChI=1S/C14H15Cl2N3/c1-8(2)13-18-12(16)9(3)14(19-13)17-11-6-4-10(15)5-7-11/h4-8H,1-3H3,(H,17,18,19). The van der Waals surface area contributed by atoms with Gasteiger partial charge in [0.1, 0.15) is 16.8 Å². The van der Waals surface area contributed by atoms with Gasteiger partial charge in [0.15, 0.2) is 0 Å². The molecule has 0 aliphatic heterocycles. The van der Waals surface area contributed by atoms with E-state index in [1.54, 1.807) is 0 Å². The topological polar surface area (TPSA) is 37.8 Å². The fourth-order valence-corrected chi connectivity index (χ4v) is 1.86. The van der Waals surface area contributed by atoms with E-state index in [4.69, 9.17) is 23.2 Å². The second-order valence-corrected chi connectivity index (χ2v) is 5.43. The molecule has 0 radical (unpaired) electrons. The first kappa shape index (κ1) is 14.1. The molecule has 0 fully saturated rings. The van der Waals surface area contributed by atoms with Crippen molar-refractivity contribution in [2.75, 3.05) is 5.32 Å². The maximum absolute atomic E-state index is 6.14. The molecule has 0 aliphatic carbocycles. The Kier molecular flexibility index (Phi) is 4.27. The van der Waals surface area contributed by atoms with Crippen LogP contribution in [0.5, 0.6) is 0 Å². The van der Waals surface area contributed by atoms with E-state index < -0.39 is 0 Å². The monoisotopic (exact) mass is 295 g/mol. The van der Waals surface area contributed by atoms with Gasteiger partial charge in [-0.15, -0.1) is 0 Å². The van der Waals surface area contributed by atoms with E-state index in [0.29, 0.717) is 10.2 Å². The molecule has 1 N–H and O–H groups in total. The Hall–Kier alpha value is -1.32.